The van der Waals surface area contributed by atoms with Gasteiger partial charge in [-0.05, 0) is 0 Å². The summed E-state index contributed by atoms with van der Waals surface area (Å²) in [7, 11) is -4.07. The van der Waals surface area contributed by atoms with Gasteiger partial charge in [0.2, 0.25) is 0 Å². The van der Waals surface area contributed by atoms with E-state index >= 15 is 0 Å². The average molecular weight is 412 g/mol. The van der Waals surface area contributed by atoms with Gasteiger partial charge < -0.3 is 5.11 Å². The first kappa shape index (κ1) is 21.5. The highest BCUT2D eigenvalue weighted by molar-refractivity contribution is 7.48. The van der Waals surface area contributed by atoms with Crippen molar-refractivity contribution in [1.82, 2.24) is 0 Å². The maximum absolute atomic E-state index is 12.5. The number of phosphoric acid groups is 1. The fourth-order valence-corrected chi connectivity index (χ4v) is 4.12. The highest BCUT2D eigenvalue weighted by atomic mass is 35.5. The van der Waals surface area contributed by atoms with Crippen LogP contribution in [0.25, 0.3) is 0 Å². The minimum absolute atomic E-state index is 0.0166. The summed E-state index contributed by atoms with van der Waals surface area (Å²) in [6.07, 6.45) is -2.45. The van der Waals surface area contributed by atoms with Gasteiger partial charge in [0.15, 0.2) is 0 Å². The highest BCUT2D eigenvalue weighted by Gasteiger charge is 2.36. The van der Waals surface area contributed by atoms with Crippen LogP contribution in [0.3, 0.4) is 0 Å². The Hall–Kier alpha value is 1.52. The molecule has 0 bridgehead atoms. The number of hydrogen-bond acceptors (Lipinski definition) is 5. The zero-order valence-corrected chi connectivity index (χ0v) is 15.1. The Labute approximate surface area is 143 Å². The van der Waals surface area contributed by atoms with Crippen molar-refractivity contribution in [1.29, 1.82) is 0 Å². The van der Waals surface area contributed by atoms with E-state index in [9.17, 15) is 4.57 Å². The molecule has 11 heteroatoms. The van der Waals surface area contributed by atoms with Crippen LogP contribution in [0.1, 0.15) is 0 Å². The summed E-state index contributed by atoms with van der Waals surface area (Å²) in [5.41, 5.74) is 0. The van der Waals surface area contributed by atoms with E-state index < -0.39 is 32.7 Å². The van der Waals surface area contributed by atoms with Crippen LogP contribution < -0.4 is 0 Å². The Balaban J connectivity index is 4.95. The molecule has 0 aliphatic rings. The third-order valence-corrected chi connectivity index (χ3v) is 5.29. The second-order valence-electron chi connectivity index (χ2n) is 3.58. The van der Waals surface area contributed by atoms with Gasteiger partial charge in [0.25, 0.3) is 0 Å². The quantitative estimate of drug-likeness (QED) is 0.393. The van der Waals surface area contributed by atoms with Crippen molar-refractivity contribution in [3.05, 3.63) is 0 Å². The molecule has 1 atom stereocenters. The maximum Gasteiger partial charge on any atom is 0.475 e. The predicted molar refractivity (Wildman–Crippen MR) is 82.9 cm³/mol. The van der Waals surface area contributed by atoms with E-state index in [1.165, 1.54) is 0 Å². The van der Waals surface area contributed by atoms with Crippen molar-refractivity contribution < 1.29 is 23.2 Å². The summed E-state index contributed by atoms with van der Waals surface area (Å²) in [4.78, 5) is 0. The minimum Gasteiger partial charge on any atom is -0.394 e. The Morgan fingerprint density at radius 1 is 0.750 bits per heavy atom. The molecule has 0 amide bonds. The smallest absolute Gasteiger partial charge is 0.394 e. The Kier molecular flexibility index (Phi) is 12.9. The van der Waals surface area contributed by atoms with Crippen molar-refractivity contribution in [2.75, 3.05) is 36.0 Å². The van der Waals surface area contributed by atoms with Crippen LogP contribution in [0, 0.1) is 0 Å². The van der Waals surface area contributed by atoms with E-state index in [1.54, 1.807) is 0 Å². The molecule has 0 spiro atoms. The van der Waals surface area contributed by atoms with Crippen molar-refractivity contribution in [2.45, 2.75) is 18.3 Å². The lowest BCUT2D eigenvalue weighted by atomic mass is 10.4. The molecule has 0 saturated carbocycles. The maximum atomic E-state index is 12.5. The van der Waals surface area contributed by atoms with Crippen LogP contribution in [0.2, 0.25) is 0 Å². The molecule has 122 valence electrons. The van der Waals surface area contributed by atoms with Gasteiger partial charge in [-0.1, -0.05) is 0 Å². The molecule has 0 aromatic carbocycles. The second kappa shape index (κ2) is 12.0. The number of aliphatic hydroxyl groups is 1. The molecule has 1 unspecified atom stereocenters. The lowest BCUT2D eigenvalue weighted by molar-refractivity contribution is 0.0364. The summed E-state index contributed by atoms with van der Waals surface area (Å²) >= 11 is 28.0. The normalized spacial score (nSPS) is 14.2. The first-order chi connectivity index (χ1) is 9.48. The van der Waals surface area contributed by atoms with Gasteiger partial charge in [-0.25, -0.2) is 4.57 Å². The minimum atomic E-state index is -4.07. The van der Waals surface area contributed by atoms with Gasteiger partial charge in [-0.3, -0.25) is 13.6 Å². The molecule has 0 fully saturated rings. The van der Waals surface area contributed by atoms with Gasteiger partial charge >= 0.3 is 7.82 Å². The number of aliphatic hydroxyl groups excluding tert-OH is 1. The summed E-state index contributed by atoms with van der Waals surface area (Å²) in [6, 6.07) is 0. The van der Waals surface area contributed by atoms with Crippen molar-refractivity contribution in [3.63, 3.8) is 0 Å². The van der Waals surface area contributed by atoms with E-state index in [0.29, 0.717) is 0 Å². The molecule has 0 radical (unpaired) electrons. The lowest BCUT2D eigenvalue weighted by Crippen LogP contribution is -2.26. The third-order valence-electron chi connectivity index (χ3n) is 1.90. The largest absolute Gasteiger partial charge is 0.475 e. The molecule has 0 rings (SSSR count). The number of halogens is 5. The zero-order chi connectivity index (χ0) is 15.6. The van der Waals surface area contributed by atoms with Crippen molar-refractivity contribution in [2.24, 2.45) is 0 Å². The van der Waals surface area contributed by atoms with E-state index in [-0.39, 0.29) is 29.4 Å². The molecule has 0 saturated heterocycles. The second-order valence-corrected chi connectivity index (χ2v) is 6.65. The standard InChI is InChI=1S/C9H16Cl5O5P/c10-1-7(2-11)17-20(16,18-8(3-12)4-13)19-9(5-14)6-15/h7-9,15H,1-6H2. The van der Waals surface area contributed by atoms with Gasteiger partial charge in [0.1, 0.15) is 6.10 Å². The number of rotatable bonds is 12. The Bertz CT molecular complexity index is 243. The Morgan fingerprint density at radius 3 is 1.30 bits per heavy atom. The SMILES string of the molecule is O=P(OC(CO)CCl)(OC(CCl)CCl)OC(CCl)CCl. The van der Waals surface area contributed by atoms with Crippen LogP contribution >= 0.6 is 65.8 Å². The van der Waals surface area contributed by atoms with E-state index in [4.69, 9.17) is 76.7 Å². The van der Waals surface area contributed by atoms with Crippen LogP contribution in [0.5, 0.6) is 0 Å². The van der Waals surface area contributed by atoms with Gasteiger partial charge in [0.05, 0.1) is 48.2 Å². The summed E-state index contributed by atoms with van der Waals surface area (Å²) in [6.45, 7) is -0.459. The van der Waals surface area contributed by atoms with E-state index in [2.05, 4.69) is 0 Å². The monoisotopic (exact) mass is 410 g/mol. The topological polar surface area (TPSA) is 65.0 Å². The fourth-order valence-electron chi connectivity index (χ4n) is 0.928. The first-order valence-electron chi connectivity index (χ1n) is 5.54. The molecule has 0 heterocycles. The van der Waals surface area contributed by atoms with Crippen LogP contribution in [-0.4, -0.2) is 59.4 Å². The molecular weight excluding hydrogens is 396 g/mol. The van der Waals surface area contributed by atoms with E-state index in [0.717, 1.165) is 0 Å². The van der Waals surface area contributed by atoms with Crippen LogP contribution in [-0.2, 0) is 18.1 Å². The van der Waals surface area contributed by atoms with Crippen molar-refractivity contribution >= 4 is 65.8 Å². The summed E-state index contributed by atoms with van der Waals surface area (Å²) < 4.78 is 28.0. The molecule has 5 nitrogen and oxygen atoms in total. The zero-order valence-electron chi connectivity index (χ0n) is 10.4. The number of alkyl halides is 5. The summed E-state index contributed by atoms with van der Waals surface area (Å²) in [5.74, 6) is -0.171. The van der Waals surface area contributed by atoms with Crippen LogP contribution in [0.15, 0.2) is 0 Å². The molecule has 0 aliphatic carbocycles. The number of hydrogen-bond donors (Lipinski definition) is 1. The number of phosphoric ester groups is 1. The first-order valence-corrected chi connectivity index (χ1v) is 9.67. The van der Waals surface area contributed by atoms with Gasteiger partial charge in [0, 0.05) is 0 Å². The third kappa shape index (κ3) is 8.23. The highest BCUT2D eigenvalue weighted by Crippen LogP contribution is 2.53. The lowest BCUT2D eigenvalue weighted by Gasteiger charge is -2.26. The average Bonchev–Trinajstić information content (AvgIpc) is 2.48. The van der Waals surface area contributed by atoms with Crippen molar-refractivity contribution in [3.8, 4) is 0 Å². The van der Waals surface area contributed by atoms with Gasteiger partial charge in [-0.2, -0.15) is 0 Å². The molecule has 0 aromatic rings. The molecule has 20 heavy (non-hydrogen) atoms. The molecule has 1 N–H and O–H groups in total. The molecule has 0 aliphatic heterocycles. The van der Waals surface area contributed by atoms with Crippen LogP contribution in [0.4, 0.5) is 0 Å². The molecular formula is C9H16Cl5O5P. The van der Waals surface area contributed by atoms with Gasteiger partial charge in [-0.15, -0.1) is 58.0 Å². The Morgan fingerprint density at radius 2 is 1.05 bits per heavy atom. The summed E-state index contributed by atoms with van der Waals surface area (Å²) in [5, 5.41) is 9.04. The van der Waals surface area contributed by atoms with E-state index in [1.807, 2.05) is 0 Å². The predicted octanol–water partition coefficient (Wildman–Crippen LogP) is 3.44. The molecule has 0 aromatic heterocycles. The fraction of sp³-hybridized carbons (Fsp3) is 1.00.